The number of hydrogen-bond donors (Lipinski definition) is 3. The second-order valence-corrected chi connectivity index (χ2v) is 8.69. The first kappa shape index (κ1) is 24.1. The van der Waals surface area contributed by atoms with Gasteiger partial charge in [0.1, 0.15) is 29.6 Å². The van der Waals surface area contributed by atoms with Crippen LogP contribution >= 0.6 is 35.8 Å². The van der Waals surface area contributed by atoms with Crippen molar-refractivity contribution >= 4 is 35.8 Å². The maximum absolute atomic E-state index is 13.6. The Labute approximate surface area is 201 Å². The van der Waals surface area contributed by atoms with Crippen molar-refractivity contribution in [3.63, 3.8) is 0 Å². The lowest BCUT2D eigenvalue weighted by Crippen LogP contribution is -2.58. The molecular weight excluding hydrogens is 506 g/mol. The van der Waals surface area contributed by atoms with E-state index in [1.54, 1.807) is 12.1 Å². The summed E-state index contributed by atoms with van der Waals surface area (Å²) in [5.41, 5.74) is -3.33. The predicted molar refractivity (Wildman–Crippen MR) is 116 cm³/mol. The van der Waals surface area contributed by atoms with Gasteiger partial charge in [-0.3, -0.25) is 0 Å². The molecule has 0 bridgehead atoms. The van der Waals surface area contributed by atoms with Crippen molar-refractivity contribution in [2.75, 3.05) is 6.61 Å². The molecule has 0 unspecified atom stereocenters. The zero-order chi connectivity index (χ0) is 23.9. The quantitative estimate of drug-likeness (QED) is 0.349. The molecule has 2 N–H and O–H groups in total. The van der Waals surface area contributed by atoms with E-state index in [0.717, 1.165) is 23.0 Å². The van der Waals surface area contributed by atoms with Gasteiger partial charge in [0.25, 0.3) is 0 Å². The van der Waals surface area contributed by atoms with Crippen LogP contribution in [0.25, 0.3) is 11.3 Å². The highest BCUT2D eigenvalue weighted by Crippen LogP contribution is 2.36. The minimum Gasteiger partial charge on any atom is -0.491 e. The van der Waals surface area contributed by atoms with Crippen molar-refractivity contribution in [3.8, 4) is 17.0 Å². The van der Waals surface area contributed by atoms with Gasteiger partial charge < -0.3 is 19.7 Å². The summed E-state index contributed by atoms with van der Waals surface area (Å²) in [6.45, 7) is -0.0417. The lowest BCUT2D eigenvalue weighted by Gasteiger charge is -2.43. The molecule has 1 saturated heterocycles. The van der Waals surface area contributed by atoms with E-state index in [-0.39, 0.29) is 24.3 Å². The number of ether oxygens (including phenoxy) is 2. The molecule has 7 nitrogen and oxygen atoms in total. The zero-order valence-electron chi connectivity index (χ0n) is 16.5. The summed E-state index contributed by atoms with van der Waals surface area (Å²) in [6.07, 6.45) is -1.32. The molecule has 13 heteroatoms. The molecule has 2 aromatic carbocycles. The minimum atomic E-state index is -2.04. The highest BCUT2D eigenvalue weighted by atomic mass is 35.5. The molecule has 0 radical (unpaired) electrons. The Bertz CT molecular complexity index is 1160. The lowest BCUT2D eigenvalue weighted by atomic mass is 9.96. The van der Waals surface area contributed by atoms with E-state index in [1.165, 1.54) is 6.07 Å². The van der Waals surface area contributed by atoms with Gasteiger partial charge in [-0.1, -0.05) is 28.4 Å². The SMILES string of the molecule is O[C@H]1[C@@H](S)O[C@H](COc2ccc(Cl)c(Cl)c2)C[C@@]1(O)n1cc(-c2cc(F)c(F)c(F)c2)nn1. The maximum atomic E-state index is 13.6. The van der Waals surface area contributed by atoms with Crippen LogP contribution in [0.15, 0.2) is 36.5 Å². The van der Waals surface area contributed by atoms with Gasteiger partial charge in [0.05, 0.1) is 22.3 Å². The average Bonchev–Trinajstić information content (AvgIpc) is 3.27. The van der Waals surface area contributed by atoms with Crippen LogP contribution in [0.5, 0.6) is 5.75 Å². The van der Waals surface area contributed by atoms with E-state index in [0.29, 0.717) is 15.8 Å². The molecular formula is C20H16Cl2F3N3O4S. The molecule has 4 rings (SSSR count). The van der Waals surface area contributed by atoms with Crippen molar-refractivity contribution in [3.05, 3.63) is 64.0 Å². The maximum Gasteiger partial charge on any atom is 0.194 e. The standard InChI is InChI=1S/C20H16Cl2F3N3O4S/c21-12-2-1-10(5-13(12)22)31-8-11-6-20(30,18(29)19(33)32-11)28-7-16(26-27-28)9-3-14(23)17(25)15(24)4-9/h1-5,7,11,18-19,29-30,33H,6,8H2/t11-,18-,19+,20-/m0/s1. The van der Waals surface area contributed by atoms with Crippen LogP contribution in [-0.2, 0) is 10.5 Å². The Morgan fingerprint density at radius 1 is 1.18 bits per heavy atom. The van der Waals surface area contributed by atoms with Crippen molar-refractivity contribution in [2.45, 2.75) is 29.8 Å². The Morgan fingerprint density at radius 2 is 1.88 bits per heavy atom. The highest BCUT2D eigenvalue weighted by molar-refractivity contribution is 7.80. The fourth-order valence-electron chi connectivity index (χ4n) is 3.38. The molecule has 176 valence electrons. The molecule has 0 aliphatic carbocycles. The van der Waals surface area contributed by atoms with Crippen LogP contribution in [0.3, 0.4) is 0 Å². The number of hydrogen-bond acceptors (Lipinski definition) is 7. The van der Waals surface area contributed by atoms with Crippen molar-refractivity contribution < 1.29 is 32.9 Å². The third-order valence-electron chi connectivity index (χ3n) is 5.10. The topological polar surface area (TPSA) is 89.6 Å². The second-order valence-electron chi connectivity index (χ2n) is 7.37. The van der Waals surface area contributed by atoms with Crippen LogP contribution in [0, 0.1) is 17.5 Å². The highest BCUT2D eigenvalue weighted by Gasteiger charge is 2.49. The molecule has 1 aromatic heterocycles. The average molecular weight is 522 g/mol. The number of aliphatic hydroxyl groups excluding tert-OH is 1. The molecule has 4 atom stereocenters. The van der Waals surface area contributed by atoms with E-state index in [4.69, 9.17) is 32.7 Å². The normalized spacial score (nSPS) is 25.3. The Balaban J connectivity index is 1.55. The molecule has 0 amide bonds. The zero-order valence-corrected chi connectivity index (χ0v) is 18.9. The molecule has 1 aliphatic heterocycles. The molecule has 1 aliphatic rings. The second kappa shape index (κ2) is 9.32. The first-order chi connectivity index (χ1) is 15.6. The van der Waals surface area contributed by atoms with Gasteiger partial charge in [-0.15, -0.1) is 17.7 Å². The summed E-state index contributed by atoms with van der Waals surface area (Å²) in [5.74, 6) is -4.02. The third kappa shape index (κ3) is 4.79. The number of halogens is 5. The molecule has 2 heterocycles. The van der Waals surface area contributed by atoms with Gasteiger partial charge in [0, 0.05) is 18.1 Å². The third-order valence-corrected chi connectivity index (χ3v) is 6.24. The minimum absolute atomic E-state index is 0.0417. The summed E-state index contributed by atoms with van der Waals surface area (Å²) >= 11 is 16.0. The van der Waals surface area contributed by atoms with E-state index < -0.39 is 40.8 Å². The predicted octanol–water partition coefficient (Wildman–Crippen LogP) is 3.80. The first-order valence-electron chi connectivity index (χ1n) is 9.48. The number of rotatable bonds is 5. The largest absolute Gasteiger partial charge is 0.491 e. The summed E-state index contributed by atoms with van der Waals surface area (Å²) in [4.78, 5) is 0. The molecule has 0 saturated carbocycles. The molecule has 0 spiro atoms. The number of nitrogens with zero attached hydrogens (tertiary/aromatic N) is 3. The van der Waals surface area contributed by atoms with E-state index in [1.807, 2.05) is 0 Å². The van der Waals surface area contributed by atoms with E-state index >= 15 is 0 Å². The van der Waals surface area contributed by atoms with Crippen LogP contribution in [-0.4, -0.2) is 49.5 Å². The number of aliphatic hydroxyl groups is 2. The van der Waals surface area contributed by atoms with Gasteiger partial charge >= 0.3 is 0 Å². The summed E-state index contributed by atoms with van der Waals surface area (Å²) in [7, 11) is 0. The Kier molecular flexibility index (Phi) is 6.81. The molecule has 3 aromatic rings. The summed E-state index contributed by atoms with van der Waals surface area (Å²) in [6, 6.07) is 6.15. The van der Waals surface area contributed by atoms with Crippen LogP contribution in [0.2, 0.25) is 10.0 Å². The van der Waals surface area contributed by atoms with Gasteiger partial charge in [-0.05, 0) is 24.3 Å². The fourth-order valence-corrected chi connectivity index (χ4v) is 4.07. The van der Waals surface area contributed by atoms with Crippen molar-refractivity contribution in [1.29, 1.82) is 0 Å². The lowest BCUT2D eigenvalue weighted by molar-refractivity contribution is -0.238. The molecule has 33 heavy (non-hydrogen) atoms. The van der Waals surface area contributed by atoms with Gasteiger partial charge in [-0.2, -0.15) is 0 Å². The molecule has 1 fully saturated rings. The van der Waals surface area contributed by atoms with Crippen molar-refractivity contribution in [1.82, 2.24) is 15.0 Å². The fraction of sp³-hybridized carbons (Fsp3) is 0.300. The van der Waals surface area contributed by atoms with Gasteiger partial charge in [-0.25, -0.2) is 17.9 Å². The smallest absolute Gasteiger partial charge is 0.194 e. The van der Waals surface area contributed by atoms with Gasteiger partial charge in [0.2, 0.25) is 0 Å². The first-order valence-corrected chi connectivity index (χ1v) is 10.8. The van der Waals surface area contributed by atoms with Crippen LogP contribution < -0.4 is 4.74 Å². The van der Waals surface area contributed by atoms with Crippen molar-refractivity contribution in [2.24, 2.45) is 0 Å². The number of aromatic nitrogens is 3. The summed E-state index contributed by atoms with van der Waals surface area (Å²) in [5, 5.41) is 30.0. The van der Waals surface area contributed by atoms with Crippen LogP contribution in [0.4, 0.5) is 13.2 Å². The van der Waals surface area contributed by atoms with E-state index in [2.05, 4.69) is 22.9 Å². The van der Waals surface area contributed by atoms with E-state index in [9.17, 15) is 23.4 Å². The van der Waals surface area contributed by atoms with Gasteiger partial charge in [0.15, 0.2) is 23.2 Å². The Hall–Kier alpha value is -2.02. The monoisotopic (exact) mass is 521 g/mol. The summed E-state index contributed by atoms with van der Waals surface area (Å²) < 4.78 is 52.6. The van der Waals surface area contributed by atoms with Crippen LogP contribution in [0.1, 0.15) is 6.42 Å². The Morgan fingerprint density at radius 3 is 2.55 bits per heavy atom. The number of benzene rings is 2. The number of thiol groups is 1.